The SMILES string of the molecule is COC(=O)C1CCC2SC(c3ccccc3)CC(=O)N21. The largest absolute Gasteiger partial charge is 0.467 e. The fourth-order valence-electron chi connectivity index (χ4n) is 2.98. The van der Waals surface area contributed by atoms with Crippen molar-refractivity contribution in [1.29, 1.82) is 0 Å². The van der Waals surface area contributed by atoms with E-state index in [0.717, 1.165) is 6.42 Å². The first-order chi connectivity index (χ1) is 9.70. The normalized spacial score (nSPS) is 29.1. The van der Waals surface area contributed by atoms with Crippen molar-refractivity contribution in [1.82, 2.24) is 4.90 Å². The zero-order chi connectivity index (χ0) is 14.1. The van der Waals surface area contributed by atoms with Crippen LogP contribution in [0.5, 0.6) is 0 Å². The summed E-state index contributed by atoms with van der Waals surface area (Å²) in [6.45, 7) is 0. The number of ether oxygens (including phenoxy) is 1. The van der Waals surface area contributed by atoms with E-state index in [1.165, 1.54) is 12.7 Å². The first-order valence-electron chi connectivity index (χ1n) is 6.80. The summed E-state index contributed by atoms with van der Waals surface area (Å²) in [5.41, 5.74) is 1.19. The monoisotopic (exact) mass is 291 g/mol. The highest BCUT2D eigenvalue weighted by Gasteiger charge is 2.46. The van der Waals surface area contributed by atoms with Gasteiger partial charge < -0.3 is 9.64 Å². The Balaban J connectivity index is 1.78. The molecule has 106 valence electrons. The zero-order valence-corrected chi connectivity index (χ0v) is 12.1. The van der Waals surface area contributed by atoms with E-state index in [1.807, 2.05) is 18.2 Å². The minimum absolute atomic E-state index is 0.0653. The molecule has 5 heteroatoms. The molecule has 1 aromatic rings. The fraction of sp³-hybridized carbons (Fsp3) is 0.467. The van der Waals surface area contributed by atoms with Gasteiger partial charge in [0.1, 0.15) is 6.04 Å². The van der Waals surface area contributed by atoms with Crippen molar-refractivity contribution in [2.75, 3.05) is 7.11 Å². The van der Waals surface area contributed by atoms with Gasteiger partial charge in [-0.15, -0.1) is 11.8 Å². The minimum atomic E-state index is -0.387. The molecule has 20 heavy (non-hydrogen) atoms. The molecule has 2 aliphatic rings. The fourth-order valence-corrected chi connectivity index (χ4v) is 4.58. The predicted molar refractivity (Wildman–Crippen MR) is 77.1 cm³/mol. The lowest BCUT2D eigenvalue weighted by molar-refractivity contribution is -0.151. The van der Waals surface area contributed by atoms with Gasteiger partial charge in [-0.1, -0.05) is 30.3 Å². The maximum atomic E-state index is 12.4. The van der Waals surface area contributed by atoms with Crippen molar-refractivity contribution in [2.45, 2.75) is 35.9 Å². The Hall–Kier alpha value is -1.49. The molecule has 0 saturated carbocycles. The van der Waals surface area contributed by atoms with Crippen LogP contribution in [-0.4, -0.2) is 35.3 Å². The van der Waals surface area contributed by atoms with E-state index in [-0.39, 0.29) is 28.5 Å². The number of amides is 1. The van der Waals surface area contributed by atoms with Gasteiger partial charge in [-0.05, 0) is 18.4 Å². The molecule has 0 radical (unpaired) electrons. The van der Waals surface area contributed by atoms with Crippen molar-refractivity contribution in [3.05, 3.63) is 35.9 Å². The smallest absolute Gasteiger partial charge is 0.328 e. The van der Waals surface area contributed by atoms with E-state index < -0.39 is 0 Å². The molecule has 2 aliphatic heterocycles. The standard InChI is InChI=1S/C15H17NO3S/c1-19-15(18)11-7-8-14-16(11)13(17)9-12(20-14)10-5-3-2-4-6-10/h2-6,11-12,14H,7-9H2,1H3. The van der Waals surface area contributed by atoms with Crippen molar-refractivity contribution < 1.29 is 14.3 Å². The van der Waals surface area contributed by atoms with Crippen LogP contribution in [0.3, 0.4) is 0 Å². The summed E-state index contributed by atoms with van der Waals surface area (Å²) in [7, 11) is 1.38. The number of thioether (sulfide) groups is 1. The molecule has 2 fully saturated rings. The second-order valence-corrected chi connectivity index (χ2v) is 6.50. The van der Waals surface area contributed by atoms with Crippen molar-refractivity contribution in [2.24, 2.45) is 0 Å². The minimum Gasteiger partial charge on any atom is -0.467 e. The van der Waals surface area contributed by atoms with Gasteiger partial charge in [0, 0.05) is 11.7 Å². The number of hydrogen-bond acceptors (Lipinski definition) is 4. The maximum absolute atomic E-state index is 12.4. The van der Waals surface area contributed by atoms with Gasteiger partial charge >= 0.3 is 5.97 Å². The number of carbonyl (C=O) groups excluding carboxylic acids is 2. The second-order valence-electron chi connectivity index (χ2n) is 5.11. The number of fused-ring (bicyclic) bond motifs is 1. The molecule has 3 atom stereocenters. The van der Waals surface area contributed by atoms with Crippen LogP contribution >= 0.6 is 11.8 Å². The maximum Gasteiger partial charge on any atom is 0.328 e. The third kappa shape index (κ3) is 2.30. The number of rotatable bonds is 2. The Morgan fingerprint density at radius 1 is 1.30 bits per heavy atom. The van der Waals surface area contributed by atoms with E-state index in [2.05, 4.69) is 12.1 Å². The first-order valence-corrected chi connectivity index (χ1v) is 7.74. The lowest BCUT2D eigenvalue weighted by atomic mass is 10.1. The van der Waals surface area contributed by atoms with Crippen molar-refractivity contribution >= 4 is 23.6 Å². The van der Waals surface area contributed by atoms with Crippen molar-refractivity contribution in [3.8, 4) is 0 Å². The summed E-state index contributed by atoms with van der Waals surface area (Å²) in [5.74, 6) is -0.227. The highest BCUT2D eigenvalue weighted by molar-refractivity contribution is 8.00. The van der Waals surface area contributed by atoms with Gasteiger partial charge in [0.2, 0.25) is 5.91 Å². The second kappa shape index (κ2) is 5.48. The topological polar surface area (TPSA) is 46.6 Å². The lowest BCUT2D eigenvalue weighted by Crippen LogP contribution is -2.47. The molecular formula is C15H17NO3S. The molecule has 3 rings (SSSR count). The Morgan fingerprint density at radius 2 is 2.05 bits per heavy atom. The molecule has 2 heterocycles. The van der Waals surface area contributed by atoms with Gasteiger partial charge in [-0.2, -0.15) is 0 Å². The molecule has 0 N–H and O–H groups in total. The molecule has 0 aromatic heterocycles. The first kappa shape index (κ1) is 13.5. The molecule has 0 spiro atoms. The van der Waals surface area contributed by atoms with E-state index >= 15 is 0 Å². The third-order valence-electron chi connectivity index (χ3n) is 3.95. The molecule has 4 nitrogen and oxygen atoms in total. The Labute approximate surface area is 122 Å². The quantitative estimate of drug-likeness (QED) is 0.785. The average molecular weight is 291 g/mol. The highest BCUT2D eigenvalue weighted by Crippen LogP contribution is 2.46. The molecule has 1 amide bonds. The van der Waals surface area contributed by atoms with E-state index in [9.17, 15) is 9.59 Å². The molecule has 1 aromatic carbocycles. The van der Waals surface area contributed by atoms with Crippen molar-refractivity contribution in [3.63, 3.8) is 0 Å². The Bertz CT molecular complexity index is 519. The van der Waals surface area contributed by atoms with Crippen LogP contribution in [-0.2, 0) is 14.3 Å². The summed E-state index contributed by atoms with van der Waals surface area (Å²) in [5, 5.41) is 0.298. The van der Waals surface area contributed by atoms with Crippen LogP contribution in [0, 0.1) is 0 Å². The number of carbonyl (C=O) groups is 2. The van der Waals surface area contributed by atoms with Gasteiger partial charge in [0.25, 0.3) is 0 Å². The average Bonchev–Trinajstić information content (AvgIpc) is 2.92. The van der Waals surface area contributed by atoms with Gasteiger partial charge in [0.15, 0.2) is 0 Å². The summed E-state index contributed by atoms with van der Waals surface area (Å²) < 4.78 is 4.80. The summed E-state index contributed by atoms with van der Waals surface area (Å²) >= 11 is 1.79. The number of benzene rings is 1. The van der Waals surface area contributed by atoms with Gasteiger partial charge in [-0.3, -0.25) is 4.79 Å². The van der Waals surface area contributed by atoms with Crippen LogP contribution in [0.2, 0.25) is 0 Å². The third-order valence-corrected chi connectivity index (χ3v) is 5.49. The van der Waals surface area contributed by atoms with Crippen LogP contribution in [0.25, 0.3) is 0 Å². The Kier molecular flexibility index (Phi) is 3.70. The number of hydrogen-bond donors (Lipinski definition) is 0. The van der Waals surface area contributed by atoms with E-state index in [0.29, 0.717) is 12.8 Å². The van der Waals surface area contributed by atoms with Gasteiger partial charge in [0.05, 0.1) is 12.5 Å². The van der Waals surface area contributed by atoms with Crippen LogP contribution in [0.15, 0.2) is 30.3 Å². The molecule has 2 saturated heterocycles. The van der Waals surface area contributed by atoms with E-state index in [1.54, 1.807) is 16.7 Å². The van der Waals surface area contributed by atoms with Gasteiger partial charge in [-0.25, -0.2) is 4.79 Å². The summed E-state index contributed by atoms with van der Waals surface area (Å²) in [4.78, 5) is 25.9. The highest BCUT2D eigenvalue weighted by atomic mass is 32.2. The number of methoxy groups -OCH3 is 1. The van der Waals surface area contributed by atoms with Crippen LogP contribution < -0.4 is 0 Å². The Morgan fingerprint density at radius 3 is 2.75 bits per heavy atom. The molecule has 3 unspecified atom stereocenters. The summed E-state index contributed by atoms with van der Waals surface area (Å²) in [6.07, 6.45) is 2.02. The molecule has 0 aliphatic carbocycles. The number of nitrogens with zero attached hydrogens (tertiary/aromatic N) is 1. The molecular weight excluding hydrogens is 274 g/mol. The zero-order valence-electron chi connectivity index (χ0n) is 11.3. The summed E-state index contributed by atoms with van der Waals surface area (Å²) in [6, 6.07) is 9.72. The lowest BCUT2D eigenvalue weighted by Gasteiger charge is -2.36. The number of esters is 1. The van der Waals surface area contributed by atoms with E-state index in [4.69, 9.17) is 4.74 Å². The molecule has 0 bridgehead atoms. The predicted octanol–water partition coefficient (Wildman–Crippen LogP) is 2.35. The van der Waals surface area contributed by atoms with Crippen LogP contribution in [0.4, 0.5) is 0 Å². The van der Waals surface area contributed by atoms with Crippen LogP contribution in [0.1, 0.15) is 30.1 Å².